The molecule has 1 aliphatic rings. The van der Waals surface area contributed by atoms with Crippen molar-refractivity contribution in [1.82, 2.24) is 24.8 Å². The van der Waals surface area contributed by atoms with Gasteiger partial charge in [0.05, 0.1) is 34.1 Å². The smallest absolute Gasteiger partial charge is 0.251 e. The zero-order valence-corrected chi connectivity index (χ0v) is 17.1. The summed E-state index contributed by atoms with van der Waals surface area (Å²) >= 11 is 5.80. The number of hydrogen-bond donors (Lipinski definition) is 1. The van der Waals surface area contributed by atoms with Gasteiger partial charge in [0.1, 0.15) is 5.82 Å². The molecule has 0 bridgehead atoms. The van der Waals surface area contributed by atoms with Crippen LogP contribution in [0.15, 0.2) is 41.5 Å². The molecule has 0 amide bonds. The Kier molecular flexibility index (Phi) is 6.36. The molecule has 30 heavy (non-hydrogen) atoms. The van der Waals surface area contributed by atoms with Gasteiger partial charge in [-0.3, -0.25) is 14.8 Å². The van der Waals surface area contributed by atoms with Gasteiger partial charge in [-0.05, 0) is 38.1 Å². The minimum Gasteiger partial charge on any atom is -0.308 e. The largest absolute Gasteiger partial charge is 0.308 e. The Hall–Kier alpha value is -2.42. The Morgan fingerprint density at radius 3 is 2.67 bits per heavy atom. The highest BCUT2D eigenvalue weighted by Crippen LogP contribution is 2.16. The van der Waals surface area contributed by atoms with E-state index in [1.807, 2.05) is 0 Å². The first kappa shape index (κ1) is 20.8. The summed E-state index contributed by atoms with van der Waals surface area (Å²) in [4.78, 5) is 22.7. The summed E-state index contributed by atoms with van der Waals surface area (Å²) in [5, 5.41) is 3.52. The van der Waals surface area contributed by atoms with E-state index in [9.17, 15) is 13.6 Å². The monoisotopic (exact) mass is 433 g/mol. The van der Waals surface area contributed by atoms with Gasteiger partial charge in [-0.25, -0.2) is 8.78 Å². The van der Waals surface area contributed by atoms with E-state index < -0.39 is 11.6 Å². The maximum absolute atomic E-state index is 13.6. The van der Waals surface area contributed by atoms with E-state index >= 15 is 0 Å². The van der Waals surface area contributed by atoms with Crippen LogP contribution in [0.25, 0.3) is 11.0 Å². The molecule has 0 unspecified atom stereocenters. The third-order valence-electron chi connectivity index (χ3n) is 5.47. The number of likely N-dealkylation sites (tertiary alicyclic amines) is 1. The predicted molar refractivity (Wildman–Crippen MR) is 111 cm³/mol. The lowest BCUT2D eigenvalue weighted by Crippen LogP contribution is -2.43. The number of fused-ring (bicyclic) bond motifs is 1. The molecule has 0 aromatic carbocycles. The van der Waals surface area contributed by atoms with Crippen molar-refractivity contribution in [3.05, 3.63) is 69.4 Å². The van der Waals surface area contributed by atoms with E-state index in [2.05, 4.69) is 20.2 Å². The van der Waals surface area contributed by atoms with Crippen LogP contribution >= 0.6 is 11.6 Å². The van der Waals surface area contributed by atoms with E-state index in [0.29, 0.717) is 42.4 Å². The topological polar surface area (TPSA) is 63.1 Å². The number of piperidine rings is 1. The standard InChI is InChI=1S/C21H22ClF2N5O/c22-17-10-16(26-13-18(17)24)12-25-15-3-5-28(6-4-15)7-8-29-20-9-14(23)11-27-19(20)1-2-21(29)30/h1-2,9-11,13,15,25H,3-8,12H2. The molecule has 1 N–H and O–H groups in total. The van der Waals surface area contributed by atoms with Crippen LogP contribution in [0.3, 0.4) is 0 Å². The van der Waals surface area contributed by atoms with Gasteiger partial charge in [0.15, 0.2) is 5.82 Å². The summed E-state index contributed by atoms with van der Waals surface area (Å²) in [6, 6.07) is 6.33. The van der Waals surface area contributed by atoms with E-state index in [1.54, 1.807) is 16.7 Å². The Labute approximate surface area is 177 Å². The van der Waals surface area contributed by atoms with Crippen molar-refractivity contribution in [2.45, 2.75) is 32.0 Å². The number of halogens is 3. The normalized spacial score (nSPS) is 15.7. The van der Waals surface area contributed by atoms with Crippen LogP contribution in [0.5, 0.6) is 0 Å². The van der Waals surface area contributed by atoms with E-state index in [4.69, 9.17) is 11.6 Å². The van der Waals surface area contributed by atoms with Gasteiger partial charge in [-0.2, -0.15) is 0 Å². The number of aromatic nitrogens is 3. The fourth-order valence-corrected chi connectivity index (χ4v) is 3.95. The second-order valence-electron chi connectivity index (χ2n) is 7.47. The molecular weight excluding hydrogens is 412 g/mol. The van der Waals surface area contributed by atoms with Crippen molar-refractivity contribution in [3.63, 3.8) is 0 Å². The first-order valence-corrected chi connectivity index (χ1v) is 10.3. The van der Waals surface area contributed by atoms with Gasteiger partial charge in [0.25, 0.3) is 5.56 Å². The van der Waals surface area contributed by atoms with Crippen molar-refractivity contribution in [2.75, 3.05) is 19.6 Å². The molecule has 1 aliphatic heterocycles. The van der Waals surface area contributed by atoms with Crippen LogP contribution in [-0.2, 0) is 13.1 Å². The highest BCUT2D eigenvalue weighted by Gasteiger charge is 2.19. The van der Waals surface area contributed by atoms with Crippen molar-refractivity contribution >= 4 is 22.6 Å². The maximum atomic E-state index is 13.6. The Morgan fingerprint density at radius 2 is 1.90 bits per heavy atom. The molecule has 0 radical (unpaired) electrons. The predicted octanol–water partition coefficient (Wildman–Crippen LogP) is 2.98. The summed E-state index contributed by atoms with van der Waals surface area (Å²) < 4.78 is 28.4. The number of hydrogen-bond acceptors (Lipinski definition) is 5. The van der Waals surface area contributed by atoms with E-state index in [1.165, 1.54) is 12.1 Å². The quantitative estimate of drug-likeness (QED) is 0.647. The molecule has 4 heterocycles. The summed E-state index contributed by atoms with van der Waals surface area (Å²) in [5.74, 6) is -0.969. The highest BCUT2D eigenvalue weighted by atomic mass is 35.5. The van der Waals surface area contributed by atoms with Crippen molar-refractivity contribution < 1.29 is 8.78 Å². The van der Waals surface area contributed by atoms with Gasteiger partial charge in [-0.1, -0.05) is 11.6 Å². The zero-order chi connectivity index (χ0) is 21.1. The fourth-order valence-electron chi connectivity index (χ4n) is 3.77. The molecule has 1 fully saturated rings. The molecule has 0 aliphatic carbocycles. The molecule has 0 spiro atoms. The molecule has 158 valence electrons. The molecule has 4 rings (SSSR count). The average molecular weight is 434 g/mol. The first-order chi connectivity index (χ1) is 14.5. The average Bonchev–Trinajstić information content (AvgIpc) is 2.74. The van der Waals surface area contributed by atoms with Gasteiger partial charge >= 0.3 is 0 Å². The lowest BCUT2D eigenvalue weighted by atomic mass is 10.0. The van der Waals surface area contributed by atoms with Crippen LogP contribution in [-0.4, -0.2) is 45.1 Å². The van der Waals surface area contributed by atoms with Crippen molar-refractivity contribution in [2.24, 2.45) is 0 Å². The summed E-state index contributed by atoms with van der Waals surface area (Å²) in [5.41, 5.74) is 1.68. The van der Waals surface area contributed by atoms with Crippen molar-refractivity contribution in [3.8, 4) is 0 Å². The minimum atomic E-state index is -0.516. The van der Waals surface area contributed by atoms with Gasteiger partial charge in [0, 0.05) is 37.8 Å². The Bertz CT molecular complexity index is 1100. The summed E-state index contributed by atoms with van der Waals surface area (Å²) in [6.07, 6.45) is 4.20. The zero-order valence-electron chi connectivity index (χ0n) is 16.3. The number of pyridine rings is 3. The molecule has 0 saturated carbocycles. The molecule has 0 atom stereocenters. The minimum absolute atomic E-state index is 0.0791. The lowest BCUT2D eigenvalue weighted by Gasteiger charge is -2.32. The highest BCUT2D eigenvalue weighted by molar-refractivity contribution is 6.30. The molecule has 1 saturated heterocycles. The van der Waals surface area contributed by atoms with Gasteiger partial charge in [-0.15, -0.1) is 0 Å². The second-order valence-corrected chi connectivity index (χ2v) is 7.87. The molecule has 3 aromatic rings. The van der Waals surface area contributed by atoms with Crippen LogP contribution in [0.1, 0.15) is 18.5 Å². The SMILES string of the molecule is O=c1ccc2ncc(F)cc2n1CCN1CCC(NCc2cc(Cl)c(F)cn2)CC1. The third-order valence-corrected chi connectivity index (χ3v) is 5.76. The molecule has 6 nitrogen and oxygen atoms in total. The number of nitrogens with zero attached hydrogens (tertiary/aromatic N) is 4. The first-order valence-electron chi connectivity index (χ1n) is 9.90. The molecule has 3 aromatic heterocycles. The third kappa shape index (κ3) is 4.83. The van der Waals surface area contributed by atoms with E-state index in [-0.39, 0.29) is 10.6 Å². The van der Waals surface area contributed by atoms with Crippen LogP contribution in [0.2, 0.25) is 5.02 Å². The lowest BCUT2D eigenvalue weighted by molar-refractivity contribution is 0.191. The number of rotatable bonds is 6. The van der Waals surface area contributed by atoms with Crippen LogP contribution in [0.4, 0.5) is 8.78 Å². The van der Waals surface area contributed by atoms with Crippen LogP contribution < -0.4 is 10.9 Å². The number of nitrogens with one attached hydrogen (secondary N) is 1. The Balaban J connectivity index is 1.30. The summed E-state index contributed by atoms with van der Waals surface area (Å²) in [6.45, 7) is 3.51. The Morgan fingerprint density at radius 1 is 1.10 bits per heavy atom. The molecule has 9 heteroatoms. The fraction of sp³-hybridized carbons (Fsp3) is 0.381. The molecular formula is C21H22ClF2N5O. The van der Waals surface area contributed by atoms with Crippen LogP contribution in [0, 0.1) is 11.6 Å². The maximum Gasteiger partial charge on any atom is 0.251 e. The van der Waals surface area contributed by atoms with Gasteiger partial charge < -0.3 is 14.8 Å². The van der Waals surface area contributed by atoms with E-state index in [0.717, 1.165) is 38.3 Å². The van der Waals surface area contributed by atoms with Crippen molar-refractivity contribution in [1.29, 1.82) is 0 Å². The second kappa shape index (κ2) is 9.16. The summed E-state index contributed by atoms with van der Waals surface area (Å²) in [7, 11) is 0. The van der Waals surface area contributed by atoms with Gasteiger partial charge in [0.2, 0.25) is 0 Å².